The first kappa shape index (κ1) is 12.2. The zero-order valence-electron chi connectivity index (χ0n) is 10.6. The fraction of sp³-hybridized carbons (Fsp3) is 0. The Labute approximate surface area is 116 Å². The molecule has 0 amide bonds. The Morgan fingerprint density at radius 1 is 0.950 bits per heavy atom. The highest BCUT2D eigenvalue weighted by Gasteiger charge is 2.21. The number of hydrogen-bond acceptors (Lipinski definition) is 3. The van der Waals surface area contributed by atoms with E-state index in [9.17, 15) is 9.90 Å². The molecule has 1 aliphatic rings. The number of hydrogen-bond donors (Lipinski definition) is 1. The Balaban J connectivity index is 1.92. The van der Waals surface area contributed by atoms with Crippen LogP contribution in [0, 0.1) is 0 Å². The quantitative estimate of drug-likeness (QED) is 0.668. The van der Waals surface area contributed by atoms with Gasteiger partial charge in [-0.15, -0.1) is 0 Å². The van der Waals surface area contributed by atoms with Crippen LogP contribution in [0.1, 0.15) is 11.1 Å². The van der Waals surface area contributed by atoms with E-state index in [0.717, 1.165) is 11.1 Å². The molecule has 1 aliphatic heterocycles. The molecule has 0 saturated carbocycles. The van der Waals surface area contributed by atoms with Crippen molar-refractivity contribution in [3.05, 3.63) is 77.4 Å². The summed E-state index contributed by atoms with van der Waals surface area (Å²) in [6.07, 6.45) is 3.46. The number of benzene rings is 2. The van der Waals surface area contributed by atoms with Crippen LogP contribution in [0.2, 0.25) is 0 Å². The largest absolute Gasteiger partial charge is 0.508 e. The molecule has 0 spiro atoms. The van der Waals surface area contributed by atoms with Gasteiger partial charge in [-0.1, -0.05) is 42.5 Å². The Morgan fingerprint density at radius 3 is 2.35 bits per heavy atom. The average molecular weight is 264 g/mol. The lowest BCUT2D eigenvalue weighted by atomic mass is 10.1. The summed E-state index contributed by atoms with van der Waals surface area (Å²) in [6, 6.07) is 16.1. The number of rotatable bonds is 2. The minimum Gasteiger partial charge on any atom is -0.508 e. The van der Waals surface area contributed by atoms with Crippen molar-refractivity contribution in [1.82, 2.24) is 0 Å². The first-order valence-electron chi connectivity index (χ1n) is 6.22. The monoisotopic (exact) mass is 264 g/mol. The van der Waals surface area contributed by atoms with Crippen molar-refractivity contribution in [1.29, 1.82) is 0 Å². The molecule has 0 atom stereocenters. The molecule has 3 heteroatoms. The fourth-order valence-corrected chi connectivity index (χ4v) is 1.98. The van der Waals surface area contributed by atoms with Gasteiger partial charge in [-0.05, 0) is 29.8 Å². The second-order valence-electron chi connectivity index (χ2n) is 4.46. The van der Waals surface area contributed by atoms with Crippen LogP contribution in [0.15, 0.2) is 66.2 Å². The molecule has 0 fully saturated rings. The van der Waals surface area contributed by atoms with Crippen LogP contribution in [-0.2, 0) is 9.53 Å². The maximum absolute atomic E-state index is 11.8. The SMILES string of the molecule is O=C1OC(c2ccccc2)=CC1=Cc1ccc(O)cc1. The lowest BCUT2D eigenvalue weighted by molar-refractivity contribution is -0.130. The number of carbonyl (C=O) groups is 1. The summed E-state index contributed by atoms with van der Waals surface area (Å²) in [5, 5.41) is 9.24. The van der Waals surface area contributed by atoms with Crippen molar-refractivity contribution in [2.75, 3.05) is 0 Å². The van der Waals surface area contributed by atoms with E-state index in [2.05, 4.69) is 0 Å². The maximum atomic E-state index is 11.8. The third kappa shape index (κ3) is 2.47. The van der Waals surface area contributed by atoms with Crippen LogP contribution < -0.4 is 0 Å². The molecule has 2 aromatic rings. The standard InChI is InChI=1S/C17H12O3/c18-15-8-6-12(7-9-15)10-14-11-16(20-17(14)19)13-4-2-1-3-5-13/h1-11,18H. The lowest BCUT2D eigenvalue weighted by Crippen LogP contribution is -1.96. The highest BCUT2D eigenvalue weighted by Crippen LogP contribution is 2.27. The van der Waals surface area contributed by atoms with Crippen LogP contribution in [0.5, 0.6) is 5.75 Å². The first-order valence-corrected chi connectivity index (χ1v) is 6.22. The normalized spacial score (nSPS) is 16.1. The van der Waals surface area contributed by atoms with Gasteiger partial charge in [0.15, 0.2) is 0 Å². The van der Waals surface area contributed by atoms with E-state index in [-0.39, 0.29) is 11.7 Å². The van der Waals surface area contributed by atoms with Crippen LogP contribution >= 0.6 is 0 Å². The van der Waals surface area contributed by atoms with Gasteiger partial charge in [0.25, 0.3) is 0 Å². The Hall–Kier alpha value is -2.81. The zero-order chi connectivity index (χ0) is 13.9. The van der Waals surface area contributed by atoms with Crippen LogP contribution in [0.25, 0.3) is 11.8 Å². The molecule has 2 aromatic carbocycles. The zero-order valence-corrected chi connectivity index (χ0v) is 10.6. The Kier molecular flexibility index (Phi) is 3.09. The van der Waals surface area contributed by atoms with E-state index < -0.39 is 0 Å². The van der Waals surface area contributed by atoms with E-state index >= 15 is 0 Å². The number of esters is 1. The van der Waals surface area contributed by atoms with E-state index in [4.69, 9.17) is 4.74 Å². The molecule has 20 heavy (non-hydrogen) atoms. The fourth-order valence-electron chi connectivity index (χ4n) is 1.98. The molecule has 1 N–H and O–H groups in total. The maximum Gasteiger partial charge on any atom is 0.343 e. The van der Waals surface area contributed by atoms with Gasteiger partial charge in [0.1, 0.15) is 11.5 Å². The lowest BCUT2D eigenvalue weighted by Gasteiger charge is -2.00. The van der Waals surface area contributed by atoms with E-state index in [1.165, 1.54) is 0 Å². The van der Waals surface area contributed by atoms with Crippen LogP contribution in [0.3, 0.4) is 0 Å². The third-order valence-corrected chi connectivity index (χ3v) is 3.00. The summed E-state index contributed by atoms with van der Waals surface area (Å²) >= 11 is 0. The Bertz CT molecular complexity index is 695. The second-order valence-corrected chi connectivity index (χ2v) is 4.46. The van der Waals surface area contributed by atoms with Gasteiger partial charge in [0.05, 0.1) is 5.57 Å². The molecule has 0 aromatic heterocycles. The highest BCUT2D eigenvalue weighted by molar-refractivity contribution is 6.05. The molecule has 3 nitrogen and oxygen atoms in total. The van der Waals surface area contributed by atoms with Crippen molar-refractivity contribution >= 4 is 17.8 Å². The van der Waals surface area contributed by atoms with Gasteiger partial charge >= 0.3 is 5.97 Å². The highest BCUT2D eigenvalue weighted by atomic mass is 16.5. The molecular weight excluding hydrogens is 252 g/mol. The number of ether oxygens (including phenoxy) is 1. The van der Waals surface area contributed by atoms with E-state index in [1.54, 1.807) is 36.4 Å². The topological polar surface area (TPSA) is 46.5 Å². The molecule has 0 unspecified atom stereocenters. The van der Waals surface area contributed by atoms with Crippen LogP contribution in [-0.4, -0.2) is 11.1 Å². The van der Waals surface area contributed by atoms with E-state index in [1.807, 2.05) is 30.3 Å². The summed E-state index contributed by atoms with van der Waals surface area (Å²) in [7, 11) is 0. The minimum atomic E-state index is -0.364. The van der Waals surface area contributed by atoms with Crippen LogP contribution in [0.4, 0.5) is 0 Å². The van der Waals surface area contributed by atoms with Gasteiger partial charge in [-0.25, -0.2) is 4.79 Å². The van der Waals surface area contributed by atoms with Gasteiger partial charge in [-0.3, -0.25) is 0 Å². The molecule has 98 valence electrons. The molecule has 0 saturated heterocycles. The smallest absolute Gasteiger partial charge is 0.343 e. The molecule has 0 aliphatic carbocycles. The van der Waals surface area contributed by atoms with Crippen molar-refractivity contribution in [2.24, 2.45) is 0 Å². The first-order chi connectivity index (χ1) is 9.72. The van der Waals surface area contributed by atoms with Crippen molar-refractivity contribution in [3.63, 3.8) is 0 Å². The summed E-state index contributed by atoms with van der Waals surface area (Å²) in [5.41, 5.74) is 2.20. The molecule has 0 bridgehead atoms. The number of aromatic hydroxyl groups is 1. The van der Waals surface area contributed by atoms with E-state index in [0.29, 0.717) is 11.3 Å². The average Bonchev–Trinajstić information content (AvgIpc) is 2.84. The number of phenolic OH excluding ortho intramolecular Hbond substituents is 1. The molecule has 1 heterocycles. The molecule has 0 radical (unpaired) electrons. The van der Waals surface area contributed by atoms with Gasteiger partial charge in [0, 0.05) is 5.56 Å². The number of phenols is 1. The number of carbonyl (C=O) groups excluding carboxylic acids is 1. The number of cyclic esters (lactones) is 1. The summed E-state index contributed by atoms with van der Waals surface area (Å²) in [6.45, 7) is 0. The third-order valence-electron chi connectivity index (χ3n) is 3.00. The van der Waals surface area contributed by atoms with Gasteiger partial charge in [0.2, 0.25) is 0 Å². The predicted molar refractivity (Wildman–Crippen MR) is 76.6 cm³/mol. The second kappa shape index (κ2) is 5.05. The summed E-state index contributed by atoms with van der Waals surface area (Å²) < 4.78 is 5.26. The summed E-state index contributed by atoms with van der Waals surface area (Å²) in [4.78, 5) is 11.8. The van der Waals surface area contributed by atoms with Crippen molar-refractivity contribution in [3.8, 4) is 5.75 Å². The predicted octanol–water partition coefficient (Wildman–Crippen LogP) is 3.37. The van der Waals surface area contributed by atoms with Gasteiger partial charge < -0.3 is 9.84 Å². The van der Waals surface area contributed by atoms with Crippen molar-refractivity contribution < 1.29 is 14.6 Å². The van der Waals surface area contributed by atoms with Crippen molar-refractivity contribution in [2.45, 2.75) is 0 Å². The Morgan fingerprint density at radius 2 is 1.65 bits per heavy atom. The minimum absolute atomic E-state index is 0.196. The van der Waals surface area contributed by atoms with Gasteiger partial charge in [-0.2, -0.15) is 0 Å². The summed E-state index contributed by atoms with van der Waals surface area (Å²) in [5.74, 6) is 0.388. The molecule has 3 rings (SSSR count). The molecular formula is C17H12O3.